The van der Waals surface area contributed by atoms with Crippen molar-refractivity contribution < 1.29 is 24.2 Å². The quantitative estimate of drug-likeness (QED) is 0.418. The summed E-state index contributed by atoms with van der Waals surface area (Å²) < 4.78 is 11.8. The second kappa shape index (κ2) is 8.15. The topological polar surface area (TPSA) is 84.9 Å². The van der Waals surface area contributed by atoms with Crippen LogP contribution in [-0.4, -0.2) is 35.1 Å². The molecule has 6 rings (SSSR count). The van der Waals surface area contributed by atoms with Gasteiger partial charge in [-0.2, -0.15) is 0 Å². The number of nitrogens with one attached hydrogen (secondary N) is 1. The number of carboxylic acid groups (broad SMARTS) is 1. The highest BCUT2D eigenvalue weighted by Crippen LogP contribution is 2.45. The van der Waals surface area contributed by atoms with Gasteiger partial charge in [-0.1, -0.05) is 52.3 Å². The summed E-state index contributed by atoms with van der Waals surface area (Å²) >= 11 is 3.54. The van der Waals surface area contributed by atoms with Crippen molar-refractivity contribution in [2.45, 2.75) is 43.9 Å². The SMILES string of the molecule is Cc1c(-c2ccccc2)cc2ccc(Br)cc2c1C(=O)NC12CCC(OC(=O)O)(CC1)OC2. The molecule has 3 aromatic rings. The number of hydrogen-bond acceptors (Lipinski definition) is 4. The van der Waals surface area contributed by atoms with E-state index in [2.05, 4.69) is 27.3 Å². The highest BCUT2D eigenvalue weighted by Gasteiger charge is 2.53. The molecule has 33 heavy (non-hydrogen) atoms. The van der Waals surface area contributed by atoms with E-state index in [0.717, 1.165) is 31.9 Å². The van der Waals surface area contributed by atoms with Crippen LogP contribution in [0.5, 0.6) is 0 Å². The van der Waals surface area contributed by atoms with Gasteiger partial charge < -0.3 is 19.9 Å². The minimum absolute atomic E-state index is 0.148. The smallest absolute Gasteiger partial charge is 0.450 e. The van der Waals surface area contributed by atoms with Crippen LogP contribution in [0.1, 0.15) is 41.6 Å². The number of hydrogen-bond donors (Lipinski definition) is 2. The van der Waals surface area contributed by atoms with Gasteiger partial charge in [-0.3, -0.25) is 4.79 Å². The van der Waals surface area contributed by atoms with Crippen LogP contribution in [0.4, 0.5) is 4.79 Å². The summed E-state index contributed by atoms with van der Waals surface area (Å²) in [6.07, 6.45) is 0.721. The van der Waals surface area contributed by atoms with E-state index in [-0.39, 0.29) is 12.5 Å². The number of rotatable bonds is 4. The van der Waals surface area contributed by atoms with Crippen LogP contribution in [0.15, 0.2) is 59.1 Å². The Labute approximate surface area is 200 Å². The Morgan fingerprint density at radius 3 is 2.42 bits per heavy atom. The van der Waals surface area contributed by atoms with Crippen LogP contribution in [0.2, 0.25) is 0 Å². The zero-order valence-corrected chi connectivity index (χ0v) is 19.8. The Kier molecular flexibility index (Phi) is 5.41. The van der Waals surface area contributed by atoms with E-state index in [1.165, 1.54) is 0 Å². The summed E-state index contributed by atoms with van der Waals surface area (Å²) in [6.45, 7) is 2.21. The summed E-state index contributed by atoms with van der Waals surface area (Å²) in [5, 5.41) is 14.2. The van der Waals surface area contributed by atoms with Crippen molar-refractivity contribution in [3.63, 3.8) is 0 Å². The maximum Gasteiger partial charge on any atom is 0.508 e. The molecule has 1 aliphatic carbocycles. The molecule has 2 saturated heterocycles. The molecule has 3 aliphatic rings. The number of halogens is 1. The highest BCUT2D eigenvalue weighted by atomic mass is 79.9. The predicted octanol–water partition coefficient (Wildman–Crippen LogP) is 6.04. The van der Waals surface area contributed by atoms with Gasteiger partial charge in [-0.25, -0.2) is 4.79 Å². The fraction of sp³-hybridized carbons (Fsp3) is 0.308. The summed E-state index contributed by atoms with van der Waals surface area (Å²) in [5.41, 5.74) is 3.10. The third-order valence-electron chi connectivity index (χ3n) is 6.91. The van der Waals surface area contributed by atoms with Gasteiger partial charge in [0.05, 0.1) is 17.7 Å². The van der Waals surface area contributed by atoms with Gasteiger partial charge >= 0.3 is 6.16 Å². The van der Waals surface area contributed by atoms with Crippen LogP contribution in [0.3, 0.4) is 0 Å². The van der Waals surface area contributed by atoms with Gasteiger partial charge in [0.25, 0.3) is 5.91 Å². The fourth-order valence-corrected chi connectivity index (χ4v) is 5.47. The van der Waals surface area contributed by atoms with Gasteiger partial charge in [-0.05, 0) is 65.4 Å². The molecule has 3 aromatic carbocycles. The predicted molar refractivity (Wildman–Crippen MR) is 128 cm³/mol. The molecule has 0 unspecified atom stereocenters. The van der Waals surface area contributed by atoms with Gasteiger partial charge in [0.15, 0.2) is 0 Å². The number of benzene rings is 3. The first-order valence-corrected chi connectivity index (χ1v) is 11.8. The van der Waals surface area contributed by atoms with Crippen molar-refractivity contribution in [3.05, 3.63) is 70.2 Å². The Morgan fingerprint density at radius 1 is 1.06 bits per heavy atom. The summed E-state index contributed by atoms with van der Waals surface area (Å²) in [7, 11) is 0. The third kappa shape index (κ3) is 4.00. The van der Waals surface area contributed by atoms with Crippen molar-refractivity contribution >= 4 is 38.8 Å². The lowest BCUT2D eigenvalue weighted by molar-refractivity contribution is -0.276. The Hall–Kier alpha value is -2.90. The minimum Gasteiger partial charge on any atom is -0.450 e. The molecule has 2 heterocycles. The maximum absolute atomic E-state index is 13.8. The molecule has 3 fully saturated rings. The lowest BCUT2D eigenvalue weighted by Gasteiger charge is -2.51. The summed E-state index contributed by atoms with van der Waals surface area (Å²) in [4.78, 5) is 24.8. The molecule has 1 saturated carbocycles. The second-order valence-electron chi connectivity index (χ2n) is 8.96. The first-order valence-electron chi connectivity index (χ1n) is 11.0. The van der Waals surface area contributed by atoms with Gasteiger partial charge in [0.2, 0.25) is 5.79 Å². The second-order valence-corrected chi connectivity index (χ2v) is 9.87. The third-order valence-corrected chi connectivity index (χ3v) is 7.40. The molecule has 0 radical (unpaired) electrons. The number of amides is 1. The van der Waals surface area contributed by atoms with E-state index in [1.807, 2.05) is 55.5 Å². The number of carbonyl (C=O) groups excluding carboxylic acids is 1. The molecule has 0 aromatic heterocycles. The van der Waals surface area contributed by atoms with Crippen molar-refractivity contribution in [1.29, 1.82) is 0 Å². The van der Waals surface area contributed by atoms with Crippen molar-refractivity contribution in [2.75, 3.05) is 6.61 Å². The molecule has 0 atom stereocenters. The van der Waals surface area contributed by atoms with E-state index >= 15 is 0 Å². The molecule has 2 aliphatic heterocycles. The van der Waals surface area contributed by atoms with Crippen molar-refractivity contribution in [2.24, 2.45) is 0 Å². The lowest BCUT2D eigenvalue weighted by Crippen LogP contribution is -2.63. The van der Waals surface area contributed by atoms with Crippen LogP contribution in [-0.2, 0) is 9.47 Å². The standard InChI is InChI=1S/C26H24BrNO5/c1-16-20(17-5-3-2-4-6-17)13-18-7-8-19(27)14-21(18)22(16)23(29)28-25-9-11-26(12-10-25,32-15-25)33-24(30)31/h2-8,13-14H,9-12,15H2,1H3,(H,28,29)(H,30,31). The van der Waals surface area contributed by atoms with E-state index in [9.17, 15) is 9.59 Å². The average molecular weight is 510 g/mol. The van der Waals surface area contributed by atoms with Crippen molar-refractivity contribution in [1.82, 2.24) is 5.32 Å². The molecular weight excluding hydrogens is 486 g/mol. The minimum atomic E-state index is -1.33. The molecule has 170 valence electrons. The van der Waals surface area contributed by atoms with Crippen LogP contribution in [0, 0.1) is 6.92 Å². The summed E-state index contributed by atoms with van der Waals surface area (Å²) in [6, 6.07) is 18.2. The average Bonchev–Trinajstić information content (AvgIpc) is 2.80. The molecule has 1 amide bonds. The van der Waals surface area contributed by atoms with Crippen molar-refractivity contribution in [3.8, 4) is 11.1 Å². The summed E-state index contributed by atoms with van der Waals surface area (Å²) in [5.74, 6) is -1.23. The molecule has 6 nitrogen and oxygen atoms in total. The van der Waals surface area contributed by atoms with Crippen LogP contribution >= 0.6 is 15.9 Å². The molecule has 7 heteroatoms. The zero-order chi connectivity index (χ0) is 23.2. The van der Waals surface area contributed by atoms with E-state index in [1.54, 1.807) is 0 Å². The van der Waals surface area contributed by atoms with Crippen LogP contribution < -0.4 is 5.32 Å². The first-order chi connectivity index (χ1) is 15.8. The largest absolute Gasteiger partial charge is 0.508 e. The zero-order valence-electron chi connectivity index (χ0n) is 18.2. The Balaban J connectivity index is 1.52. The maximum atomic E-state index is 13.8. The molecule has 2 bridgehead atoms. The lowest BCUT2D eigenvalue weighted by atomic mass is 9.75. The number of ether oxygens (including phenoxy) is 2. The van der Waals surface area contributed by atoms with Gasteiger partial charge in [0.1, 0.15) is 0 Å². The monoisotopic (exact) mass is 509 g/mol. The molecule has 2 N–H and O–H groups in total. The molecular formula is C26H24BrNO5. The molecule has 0 spiro atoms. The Bertz CT molecular complexity index is 1230. The Morgan fingerprint density at radius 2 is 1.79 bits per heavy atom. The van der Waals surface area contributed by atoms with Gasteiger partial charge in [-0.15, -0.1) is 0 Å². The normalized spacial score (nSPS) is 23.9. The number of carbonyl (C=O) groups is 2. The fourth-order valence-electron chi connectivity index (χ4n) is 5.10. The highest BCUT2D eigenvalue weighted by molar-refractivity contribution is 9.10. The first kappa shape index (κ1) is 21.9. The van der Waals surface area contributed by atoms with E-state index in [0.29, 0.717) is 31.2 Å². The van der Waals surface area contributed by atoms with Gasteiger partial charge in [0, 0.05) is 17.3 Å². The van der Waals surface area contributed by atoms with Crippen LogP contribution in [0.25, 0.3) is 21.9 Å². The van der Waals surface area contributed by atoms with E-state index < -0.39 is 17.5 Å². The number of fused-ring (bicyclic) bond motifs is 4. The van der Waals surface area contributed by atoms with E-state index in [4.69, 9.17) is 14.6 Å².